The highest BCUT2D eigenvalue weighted by Gasteiger charge is 2.12. The summed E-state index contributed by atoms with van der Waals surface area (Å²) in [5.41, 5.74) is 10.0. The number of carbonyl (C=O) groups is 1. The maximum absolute atomic E-state index is 12.3. The van der Waals surface area contributed by atoms with Gasteiger partial charge in [0.15, 0.2) is 0 Å². The molecule has 4 rings (SSSR count). The maximum atomic E-state index is 12.3. The number of nitrogen functional groups attached to an aromatic ring is 1. The number of amides is 1. The van der Waals surface area contributed by atoms with Crippen LogP contribution in [0, 0.1) is 5.41 Å². The van der Waals surface area contributed by atoms with E-state index in [1.807, 2.05) is 0 Å². The van der Waals surface area contributed by atoms with E-state index in [2.05, 4.69) is 44.5 Å². The second kappa shape index (κ2) is 8.34. The summed E-state index contributed by atoms with van der Waals surface area (Å²) < 4.78 is 0. The fourth-order valence-electron chi connectivity index (χ4n) is 3.71. The first-order valence-electron chi connectivity index (χ1n) is 10.0. The third-order valence-corrected chi connectivity index (χ3v) is 5.32. The van der Waals surface area contributed by atoms with Gasteiger partial charge in [0.2, 0.25) is 5.91 Å². The number of H-pyrrole nitrogens is 1. The van der Waals surface area contributed by atoms with Crippen LogP contribution in [0.25, 0.3) is 11.0 Å². The van der Waals surface area contributed by atoms with Gasteiger partial charge in [-0.15, -0.1) is 0 Å². The topological polar surface area (TPSA) is 111 Å². The van der Waals surface area contributed by atoms with Crippen LogP contribution >= 0.6 is 0 Å². The van der Waals surface area contributed by atoms with Crippen LogP contribution in [0.1, 0.15) is 36.2 Å². The lowest BCUT2D eigenvalue weighted by atomic mass is 10.1. The summed E-state index contributed by atoms with van der Waals surface area (Å²) in [7, 11) is 0. The second-order valence-electron chi connectivity index (χ2n) is 7.50. The first-order chi connectivity index (χ1) is 14.1. The van der Waals surface area contributed by atoms with Gasteiger partial charge in [-0.3, -0.25) is 10.2 Å². The molecule has 0 atom stereocenters. The number of fused-ring (bicyclic) bond motifs is 1. The van der Waals surface area contributed by atoms with Crippen molar-refractivity contribution in [1.29, 1.82) is 5.41 Å². The highest BCUT2D eigenvalue weighted by atomic mass is 16.1. The normalized spacial score (nSPS) is 14.1. The van der Waals surface area contributed by atoms with Gasteiger partial charge in [-0.2, -0.15) is 0 Å². The number of piperidine rings is 1. The summed E-state index contributed by atoms with van der Waals surface area (Å²) in [5, 5.41) is 10.5. The van der Waals surface area contributed by atoms with E-state index in [1.54, 1.807) is 18.2 Å². The minimum atomic E-state index is -0.0871. The Labute approximate surface area is 169 Å². The zero-order chi connectivity index (χ0) is 20.2. The predicted molar refractivity (Wildman–Crippen MR) is 115 cm³/mol. The lowest BCUT2D eigenvalue weighted by molar-refractivity contribution is -0.120. The number of benzene rings is 2. The van der Waals surface area contributed by atoms with Gasteiger partial charge in [0.05, 0.1) is 17.5 Å². The molecular formula is C22H26N6O. The van der Waals surface area contributed by atoms with Crippen molar-refractivity contribution in [3.8, 4) is 0 Å². The predicted octanol–water partition coefficient (Wildman–Crippen LogP) is 2.70. The molecule has 0 unspecified atom stereocenters. The molecule has 0 radical (unpaired) electrons. The molecule has 1 saturated heterocycles. The Morgan fingerprint density at radius 2 is 1.90 bits per heavy atom. The molecule has 0 aliphatic carbocycles. The van der Waals surface area contributed by atoms with Crippen molar-refractivity contribution in [2.75, 3.05) is 18.0 Å². The number of rotatable bonds is 6. The SMILES string of the molecule is N=C(N)c1ccc2nc(CC(=O)NCc3ccc(N4CCCCC4)cc3)[nH]c2c1. The molecular weight excluding hydrogens is 364 g/mol. The van der Waals surface area contributed by atoms with Gasteiger partial charge in [0.1, 0.15) is 11.7 Å². The molecule has 1 aromatic heterocycles. The van der Waals surface area contributed by atoms with Gasteiger partial charge < -0.3 is 20.9 Å². The van der Waals surface area contributed by atoms with Crippen LogP contribution in [-0.2, 0) is 17.8 Å². The van der Waals surface area contributed by atoms with Crippen LogP contribution in [0.4, 0.5) is 5.69 Å². The minimum Gasteiger partial charge on any atom is -0.384 e. The van der Waals surface area contributed by atoms with Crippen molar-refractivity contribution in [1.82, 2.24) is 15.3 Å². The first kappa shape index (κ1) is 19.0. The first-order valence-corrected chi connectivity index (χ1v) is 10.0. The summed E-state index contributed by atoms with van der Waals surface area (Å²) in [4.78, 5) is 22.3. The molecule has 7 nitrogen and oxygen atoms in total. The van der Waals surface area contributed by atoms with Gasteiger partial charge in [-0.05, 0) is 55.2 Å². The number of nitrogens with one attached hydrogen (secondary N) is 3. The lowest BCUT2D eigenvalue weighted by Crippen LogP contribution is -2.29. The van der Waals surface area contributed by atoms with Crippen molar-refractivity contribution in [2.24, 2.45) is 5.73 Å². The Bertz CT molecular complexity index is 1020. The molecule has 1 amide bonds. The van der Waals surface area contributed by atoms with Gasteiger partial charge in [0.25, 0.3) is 0 Å². The standard InChI is InChI=1S/C22H26N6O/c23-22(24)16-6-9-18-19(12-16)27-20(26-18)13-21(29)25-14-15-4-7-17(8-5-15)28-10-2-1-3-11-28/h4-9,12H,1-3,10-11,13-14H2,(H3,23,24)(H,25,29)(H,26,27). The van der Waals surface area contributed by atoms with Crippen molar-refractivity contribution in [2.45, 2.75) is 32.2 Å². The zero-order valence-corrected chi connectivity index (χ0v) is 16.4. The van der Waals surface area contributed by atoms with E-state index in [0.717, 1.165) is 29.7 Å². The van der Waals surface area contributed by atoms with E-state index in [9.17, 15) is 4.79 Å². The highest BCUT2D eigenvalue weighted by Crippen LogP contribution is 2.20. The van der Waals surface area contributed by atoms with E-state index in [1.165, 1.54) is 24.9 Å². The third kappa shape index (κ3) is 4.56. The average molecular weight is 390 g/mol. The number of aromatic amines is 1. The fourth-order valence-corrected chi connectivity index (χ4v) is 3.71. The molecule has 2 aromatic carbocycles. The van der Waals surface area contributed by atoms with Crippen LogP contribution in [0.15, 0.2) is 42.5 Å². The summed E-state index contributed by atoms with van der Waals surface area (Å²) in [6.45, 7) is 2.75. The molecule has 0 bridgehead atoms. The van der Waals surface area contributed by atoms with Crippen LogP contribution in [0.2, 0.25) is 0 Å². The number of amidine groups is 1. The molecule has 0 saturated carbocycles. The van der Waals surface area contributed by atoms with Crippen molar-refractivity contribution in [3.63, 3.8) is 0 Å². The quantitative estimate of drug-likeness (QED) is 0.383. The van der Waals surface area contributed by atoms with Crippen molar-refractivity contribution in [3.05, 3.63) is 59.4 Å². The average Bonchev–Trinajstić information content (AvgIpc) is 3.14. The molecule has 1 aliphatic rings. The summed E-state index contributed by atoms with van der Waals surface area (Å²) >= 11 is 0. The van der Waals surface area contributed by atoms with E-state index in [-0.39, 0.29) is 18.2 Å². The van der Waals surface area contributed by atoms with Gasteiger partial charge in [-0.1, -0.05) is 12.1 Å². The largest absolute Gasteiger partial charge is 0.384 e. The van der Waals surface area contributed by atoms with Crippen LogP contribution < -0.4 is 16.0 Å². The molecule has 150 valence electrons. The second-order valence-corrected chi connectivity index (χ2v) is 7.50. The molecule has 7 heteroatoms. The molecule has 0 spiro atoms. The molecule has 5 N–H and O–H groups in total. The Morgan fingerprint density at radius 1 is 1.14 bits per heavy atom. The monoisotopic (exact) mass is 390 g/mol. The summed E-state index contributed by atoms with van der Waals surface area (Å²) in [6.07, 6.45) is 4.02. The van der Waals surface area contributed by atoms with E-state index < -0.39 is 0 Å². The number of nitrogens with two attached hydrogens (primary N) is 1. The van der Waals surface area contributed by atoms with Gasteiger partial charge in [0, 0.05) is 30.9 Å². The molecule has 3 aromatic rings. The number of imidazole rings is 1. The molecule has 1 fully saturated rings. The zero-order valence-electron chi connectivity index (χ0n) is 16.4. The Hall–Kier alpha value is -3.35. The third-order valence-electron chi connectivity index (χ3n) is 5.32. The molecule has 1 aliphatic heterocycles. The van der Waals surface area contributed by atoms with E-state index in [4.69, 9.17) is 11.1 Å². The molecule has 29 heavy (non-hydrogen) atoms. The Balaban J connectivity index is 1.32. The number of hydrogen-bond donors (Lipinski definition) is 4. The number of aromatic nitrogens is 2. The summed E-state index contributed by atoms with van der Waals surface area (Å²) in [6, 6.07) is 13.8. The Morgan fingerprint density at radius 3 is 2.62 bits per heavy atom. The maximum Gasteiger partial charge on any atom is 0.227 e. The number of hydrogen-bond acceptors (Lipinski definition) is 4. The van der Waals surface area contributed by atoms with E-state index >= 15 is 0 Å². The smallest absolute Gasteiger partial charge is 0.227 e. The van der Waals surface area contributed by atoms with E-state index in [0.29, 0.717) is 17.9 Å². The van der Waals surface area contributed by atoms with Crippen LogP contribution in [-0.4, -0.2) is 34.8 Å². The Kier molecular flexibility index (Phi) is 5.46. The lowest BCUT2D eigenvalue weighted by Gasteiger charge is -2.28. The summed E-state index contributed by atoms with van der Waals surface area (Å²) in [5.74, 6) is 0.515. The minimum absolute atomic E-state index is 0.00657. The highest BCUT2D eigenvalue weighted by molar-refractivity contribution is 5.98. The molecule has 2 heterocycles. The van der Waals surface area contributed by atoms with Gasteiger partial charge >= 0.3 is 0 Å². The van der Waals surface area contributed by atoms with Crippen LogP contribution in [0.5, 0.6) is 0 Å². The van der Waals surface area contributed by atoms with Crippen molar-refractivity contribution < 1.29 is 4.79 Å². The van der Waals surface area contributed by atoms with Gasteiger partial charge in [-0.25, -0.2) is 4.98 Å². The van der Waals surface area contributed by atoms with Crippen molar-refractivity contribution >= 4 is 28.5 Å². The number of carbonyl (C=O) groups excluding carboxylic acids is 1. The number of nitrogens with zero attached hydrogens (tertiary/aromatic N) is 2. The fraction of sp³-hybridized carbons (Fsp3) is 0.318. The number of anilines is 1. The van der Waals surface area contributed by atoms with Crippen LogP contribution in [0.3, 0.4) is 0 Å².